The van der Waals surface area contributed by atoms with Gasteiger partial charge in [-0.3, -0.25) is 0 Å². The Labute approximate surface area is 115 Å². The molecule has 0 saturated carbocycles. The van der Waals surface area contributed by atoms with Crippen LogP contribution in [0.15, 0.2) is 18.2 Å². The van der Waals surface area contributed by atoms with E-state index in [-0.39, 0.29) is 18.7 Å². The van der Waals surface area contributed by atoms with Crippen LogP contribution in [0.3, 0.4) is 0 Å². The molecule has 1 aliphatic heterocycles. The summed E-state index contributed by atoms with van der Waals surface area (Å²) in [5, 5.41) is 0. The second kappa shape index (κ2) is 5.60. The summed E-state index contributed by atoms with van der Waals surface area (Å²) in [6, 6.07) is 4.04. The van der Waals surface area contributed by atoms with Crippen molar-refractivity contribution in [2.24, 2.45) is 11.7 Å². The van der Waals surface area contributed by atoms with E-state index in [2.05, 4.69) is 0 Å². The highest BCUT2D eigenvalue weighted by Crippen LogP contribution is 2.37. The van der Waals surface area contributed by atoms with E-state index < -0.39 is 24.0 Å². The molecule has 2 atom stereocenters. The van der Waals surface area contributed by atoms with Gasteiger partial charge in [-0.15, -0.1) is 0 Å². The number of nitrogens with zero attached hydrogens (tertiary/aromatic N) is 1. The number of halogens is 4. The van der Waals surface area contributed by atoms with Crippen molar-refractivity contribution in [1.29, 1.82) is 0 Å². The van der Waals surface area contributed by atoms with Gasteiger partial charge in [0.15, 0.2) is 0 Å². The van der Waals surface area contributed by atoms with Gasteiger partial charge in [0.25, 0.3) is 0 Å². The fraction of sp³-hybridized carbons (Fsp3) is 0.571. The number of piperidine rings is 1. The van der Waals surface area contributed by atoms with Gasteiger partial charge >= 0.3 is 6.18 Å². The minimum Gasteiger partial charge on any atom is -0.368 e. The molecule has 1 aromatic rings. The molecule has 6 heteroatoms. The Balaban J connectivity index is 2.32. The maximum atomic E-state index is 14.0. The quantitative estimate of drug-likeness (QED) is 0.843. The molecule has 0 aromatic heterocycles. The van der Waals surface area contributed by atoms with E-state index in [1.165, 1.54) is 17.0 Å². The van der Waals surface area contributed by atoms with Gasteiger partial charge in [-0.05, 0) is 31.4 Å². The third kappa shape index (κ3) is 3.06. The number of benzene rings is 1. The Morgan fingerprint density at radius 2 is 2.05 bits per heavy atom. The summed E-state index contributed by atoms with van der Waals surface area (Å²) >= 11 is 0. The minimum atomic E-state index is -4.24. The van der Waals surface area contributed by atoms with Crippen molar-refractivity contribution in [3.05, 3.63) is 29.6 Å². The number of hydrogen-bond donors (Lipinski definition) is 1. The lowest BCUT2D eigenvalue weighted by molar-refractivity contribution is -0.176. The summed E-state index contributed by atoms with van der Waals surface area (Å²) in [5.74, 6) is -1.92. The van der Waals surface area contributed by atoms with Crippen molar-refractivity contribution in [2.45, 2.75) is 32.0 Å². The van der Waals surface area contributed by atoms with Gasteiger partial charge in [-0.1, -0.05) is 12.1 Å². The predicted molar refractivity (Wildman–Crippen MR) is 70.0 cm³/mol. The largest absolute Gasteiger partial charge is 0.393 e. The first-order chi connectivity index (χ1) is 9.30. The lowest BCUT2D eigenvalue weighted by Crippen LogP contribution is -2.42. The van der Waals surface area contributed by atoms with Crippen molar-refractivity contribution < 1.29 is 17.6 Å². The number of anilines is 1. The van der Waals surface area contributed by atoms with Gasteiger partial charge < -0.3 is 10.6 Å². The molecule has 0 spiro atoms. The van der Waals surface area contributed by atoms with Crippen LogP contribution in [-0.4, -0.2) is 19.3 Å². The molecule has 1 heterocycles. The second-order valence-electron chi connectivity index (χ2n) is 5.29. The van der Waals surface area contributed by atoms with Crippen LogP contribution in [0.2, 0.25) is 0 Å². The zero-order chi connectivity index (χ0) is 14.9. The molecular weight excluding hydrogens is 272 g/mol. The van der Waals surface area contributed by atoms with Crippen LogP contribution in [-0.2, 0) is 0 Å². The molecule has 2 unspecified atom stereocenters. The maximum Gasteiger partial charge on any atom is 0.393 e. The van der Waals surface area contributed by atoms with E-state index in [0.29, 0.717) is 18.5 Å². The van der Waals surface area contributed by atoms with Crippen molar-refractivity contribution in [1.82, 2.24) is 0 Å². The molecule has 1 aromatic carbocycles. The zero-order valence-electron chi connectivity index (χ0n) is 11.3. The summed E-state index contributed by atoms with van der Waals surface area (Å²) in [4.78, 5) is 1.48. The highest BCUT2D eigenvalue weighted by molar-refractivity contribution is 5.56. The van der Waals surface area contributed by atoms with Gasteiger partial charge in [0.05, 0.1) is 11.6 Å². The normalized spacial score (nSPS) is 21.9. The third-order valence-corrected chi connectivity index (χ3v) is 3.71. The third-order valence-electron chi connectivity index (χ3n) is 3.71. The Hall–Kier alpha value is -1.30. The lowest BCUT2D eigenvalue weighted by Gasteiger charge is -2.36. The van der Waals surface area contributed by atoms with Crippen LogP contribution in [0.5, 0.6) is 0 Å². The molecule has 0 bridgehead atoms. The van der Waals surface area contributed by atoms with E-state index in [0.717, 1.165) is 0 Å². The number of para-hydroxylation sites is 1. The van der Waals surface area contributed by atoms with Crippen LogP contribution in [0, 0.1) is 11.7 Å². The van der Waals surface area contributed by atoms with E-state index >= 15 is 0 Å². The van der Waals surface area contributed by atoms with Crippen molar-refractivity contribution in [3.63, 3.8) is 0 Å². The topological polar surface area (TPSA) is 29.3 Å². The Morgan fingerprint density at radius 1 is 1.35 bits per heavy atom. The molecule has 112 valence electrons. The highest BCUT2D eigenvalue weighted by atomic mass is 19.4. The molecule has 20 heavy (non-hydrogen) atoms. The summed E-state index contributed by atoms with van der Waals surface area (Å²) in [7, 11) is 0. The molecule has 0 aliphatic carbocycles. The van der Waals surface area contributed by atoms with Gasteiger partial charge in [0.2, 0.25) is 0 Å². The van der Waals surface area contributed by atoms with Crippen molar-refractivity contribution in [3.8, 4) is 0 Å². The smallest absolute Gasteiger partial charge is 0.368 e. The number of alkyl halides is 3. The van der Waals surface area contributed by atoms with E-state index in [9.17, 15) is 17.6 Å². The van der Waals surface area contributed by atoms with Crippen LogP contribution in [0.4, 0.5) is 23.2 Å². The first-order valence-electron chi connectivity index (χ1n) is 6.66. The van der Waals surface area contributed by atoms with Gasteiger partial charge in [-0.25, -0.2) is 4.39 Å². The Morgan fingerprint density at radius 3 is 2.65 bits per heavy atom. The fourth-order valence-corrected chi connectivity index (χ4v) is 2.68. The first kappa shape index (κ1) is 15.1. The molecule has 2 nitrogen and oxygen atoms in total. The summed E-state index contributed by atoms with van der Waals surface area (Å²) in [6.07, 6.45) is -3.74. The number of hydrogen-bond acceptors (Lipinski definition) is 2. The molecule has 0 radical (unpaired) electrons. The maximum absolute atomic E-state index is 14.0. The SMILES string of the molecule is CC(N)c1cccc(F)c1N1CCCC(C(F)(F)F)C1. The molecule has 2 N–H and O–H groups in total. The summed E-state index contributed by atoms with van der Waals surface area (Å²) in [5.41, 5.74) is 6.56. The van der Waals surface area contributed by atoms with E-state index in [1.807, 2.05) is 0 Å². The van der Waals surface area contributed by atoms with Crippen LogP contribution >= 0.6 is 0 Å². The van der Waals surface area contributed by atoms with Crippen LogP contribution in [0.1, 0.15) is 31.4 Å². The van der Waals surface area contributed by atoms with E-state index in [4.69, 9.17) is 5.73 Å². The molecule has 0 amide bonds. The molecule has 1 aliphatic rings. The summed E-state index contributed by atoms with van der Waals surface area (Å²) < 4.78 is 52.6. The average molecular weight is 290 g/mol. The second-order valence-corrected chi connectivity index (χ2v) is 5.29. The predicted octanol–water partition coefficient (Wildman–Crippen LogP) is 3.62. The standard InChI is InChI=1S/C14H18F4N2/c1-9(19)11-5-2-6-12(15)13(11)20-7-3-4-10(8-20)14(16,17)18/h2,5-6,9-10H,3-4,7-8,19H2,1H3. The monoisotopic (exact) mass is 290 g/mol. The number of rotatable bonds is 2. The van der Waals surface area contributed by atoms with Gasteiger partial charge in [-0.2, -0.15) is 13.2 Å². The average Bonchev–Trinajstić information content (AvgIpc) is 2.37. The van der Waals surface area contributed by atoms with E-state index in [1.54, 1.807) is 13.0 Å². The number of nitrogens with two attached hydrogens (primary N) is 1. The van der Waals surface area contributed by atoms with Gasteiger partial charge in [0, 0.05) is 19.1 Å². The van der Waals surface area contributed by atoms with Crippen molar-refractivity contribution in [2.75, 3.05) is 18.0 Å². The molecule has 2 rings (SSSR count). The highest BCUT2D eigenvalue weighted by Gasteiger charge is 2.42. The first-order valence-corrected chi connectivity index (χ1v) is 6.66. The van der Waals surface area contributed by atoms with Crippen molar-refractivity contribution >= 4 is 5.69 Å². The Kier molecular flexibility index (Phi) is 4.22. The fourth-order valence-electron chi connectivity index (χ4n) is 2.68. The molecule has 1 fully saturated rings. The minimum absolute atomic E-state index is 0.0992. The summed E-state index contributed by atoms with van der Waals surface area (Å²) in [6.45, 7) is 1.92. The van der Waals surface area contributed by atoms with Crippen LogP contribution in [0.25, 0.3) is 0 Å². The molecule has 1 saturated heterocycles. The molecular formula is C14H18F4N2. The van der Waals surface area contributed by atoms with Crippen LogP contribution < -0.4 is 10.6 Å². The Bertz CT molecular complexity index is 471. The van der Waals surface area contributed by atoms with Gasteiger partial charge in [0.1, 0.15) is 5.82 Å². The zero-order valence-corrected chi connectivity index (χ0v) is 11.3. The lowest BCUT2D eigenvalue weighted by atomic mass is 9.95.